The second kappa shape index (κ2) is 9.79. The Hall–Kier alpha value is -4.85. The smallest absolute Gasteiger partial charge is 0.387 e. The molecule has 1 aliphatic carbocycles. The summed E-state index contributed by atoms with van der Waals surface area (Å²) in [5.74, 6) is 0.0909. The highest BCUT2D eigenvalue weighted by molar-refractivity contribution is 6.09. The molecule has 0 saturated heterocycles. The van der Waals surface area contributed by atoms with E-state index in [1.807, 2.05) is 0 Å². The minimum Gasteiger partial charge on any atom is -0.454 e. The molecule has 2 N–H and O–H groups in total. The van der Waals surface area contributed by atoms with Crippen LogP contribution >= 0.6 is 0 Å². The number of nitrogens with one attached hydrogen (secondary N) is 1. The number of benzene rings is 1. The van der Waals surface area contributed by atoms with Gasteiger partial charge in [0.25, 0.3) is 5.91 Å². The summed E-state index contributed by atoms with van der Waals surface area (Å²) in [4.78, 5) is 17.3. The number of hydrogen-bond donors (Lipinski definition) is 2. The van der Waals surface area contributed by atoms with Gasteiger partial charge in [0.05, 0.1) is 42.0 Å². The maximum Gasteiger partial charge on any atom is 0.387 e. The van der Waals surface area contributed by atoms with Crippen LogP contribution < -0.4 is 14.8 Å². The predicted molar refractivity (Wildman–Crippen MR) is 133 cm³/mol. The van der Waals surface area contributed by atoms with Crippen LogP contribution in [0.2, 0.25) is 0 Å². The lowest BCUT2D eigenvalue weighted by Gasteiger charge is -2.31. The molecule has 6 rings (SSSR count). The summed E-state index contributed by atoms with van der Waals surface area (Å²) in [5.41, 5.74) is 1.20. The first-order valence-electron chi connectivity index (χ1n) is 12.0. The van der Waals surface area contributed by atoms with E-state index < -0.39 is 12.5 Å². The first kappa shape index (κ1) is 24.5. The average molecular weight is 536 g/mol. The van der Waals surface area contributed by atoms with Crippen molar-refractivity contribution in [1.82, 2.24) is 34.2 Å². The van der Waals surface area contributed by atoms with Crippen LogP contribution in [0.25, 0.3) is 16.9 Å². The number of carbonyl (C=O) groups excluding carboxylic acids is 1. The lowest BCUT2D eigenvalue weighted by Crippen LogP contribution is -2.30. The summed E-state index contributed by atoms with van der Waals surface area (Å²) in [6.45, 7) is -3.09. The molecular formula is C25H22F2N8O4. The van der Waals surface area contributed by atoms with Gasteiger partial charge in [0, 0.05) is 25.6 Å². The van der Waals surface area contributed by atoms with Gasteiger partial charge in [-0.25, -0.2) is 9.50 Å². The highest BCUT2D eigenvalue weighted by Gasteiger charge is 2.29. The maximum absolute atomic E-state index is 13.3. The standard InChI is InChI=1S/C25H22F2N8O4/c1-33-13-20(31-24(37)19-11-30-34-6-2-5-28-23(19)34)22(32-33)18-9-16(3-4-21(18)39-25(26)27)38-17-10-29-35(12-17)14-7-15(36)8-14/h2-6,9-15,25,36H,7-8H2,1H3,(H,31,37). The lowest BCUT2D eigenvalue weighted by atomic mass is 9.90. The normalized spacial score (nSPS) is 16.8. The van der Waals surface area contributed by atoms with Crippen molar-refractivity contribution < 1.29 is 28.2 Å². The number of aliphatic hydroxyl groups excluding tert-OH is 1. The number of nitrogens with zero attached hydrogens (tertiary/aromatic N) is 7. The lowest BCUT2D eigenvalue weighted by molar-refractivity contribution is -0.0494. The molecule has 5 aromatic rings. The second-order valence-electron chi connectivity index (χ2n) is 9.04. The number of hydrogen-bond acceptors (Lipinski definition) is 8. The van der Waals surface area contributed by atoms with Crippen LogP contribution in [0.4, 0.5) is 14.5 Å². The molecule has 1 aromatic carbocycles. The number of ether oxygens (including phenoxy) is 2. The van der Waals surface area contributed by atoms with Gasteiger partial charge in [-0.1, -0.05) is 0 Å². The zero-order chi connectivity index (χ0) is 27.1. The number of aromatic nitrogens is 7. The Labute approximate surface area is 219 Å². The van der Waals surface area contributed by atoms with Crippen molar-refractivity contribution in [1.29, 1.82) is 0 Å². The summed E-state index contributed by atoms with van der Waals surface area (Å²) in [6.07, 6.45) is 10.3. The molecule has 39 heavy (non-hydrogen) atoms. The maximum atomic E-state index is 13.3. The number of amides is 1. The van der Waals surface area contributed by atoms with Gasteiger partial charge in [-0.15, -0.1) is 0 Å². The van der Waals surface area contributed by atoms with E-state index in [-0.39, 0.29) is 40.4 Å². The average Bonchev–Trinajstić information content (AvgIpc) is 3.61. The molecule has 1 amide bonds. The number of halogens is 2. The first-order chi connectivity index (χ1) is 18.8. The summed E-state index contributed by atoms with van der Waals surface area (Å²) in [7, 11) is 1.63. The van der Waals surface area contributed by atoms with Gasteiger partial charge < -0.3 is 19.9 Å². The van der Waals surface area contributed by atoms with E-state index in [9.17, 15) is 18.7 Å². The number of rotatable bonds is 8. The van der Waals surface area contributed by atoms with E-state index in [2.05, 4.69) is 25.6 Å². The summed E-state index contributed by atoms with van der Waals surface area (Å²) in [6, 6.07) is 6.11. The Morgan fingerprint density at radius 1 is 1.18 bits per heavy atom. The van der Waals surface area contributed by atoms with Crippen molar-refractivity contribution in [2.45, 2.75) is 31.6 Å². The van der Waals surface area contributed by atoms with Crippen LogP contribution in [0.3, 0.4) is 0 Å². The van der Waals surface area contributed by atoms with E-state index in [4.69, 9.17) is 9.47 Å². The molecule has 1 fully saturated rings. The summed E-state index contributed by atoms with van der Waals surface area (Å²) < 4.78 is 41.8. The van der Waals surface area contributed by atoms with Crippen molar-refractivity contribution in [3.05, 3.63) is 67.0 Å². The molecule has 0 spiro atoms. The molecule has 14 heteroatoms. The highest BCUT2D eigenvalue weighted by Crippen LogP contribution is 2.39. The zero-order valence-electron chi connectivity index (χ0n) is 20.5. The van der Waals surface area contributed by atoms with Crippen LogP contribution in [0, 0.1) is 0 Å². The number of alkyl halides is 2. The molecule has 1 saturated carbocycles. The Morgan fingerprint density at radius 3 is 2.82 bits per heavy atom. The largest absolute Gasteiger partial charge is 0.454 e. The molecule has 0 aliphatic heterocycles. The minimum atomic E-state index is -3.09. The molecule has 0 radical (unpaired) electrons. The van der Waals surface area contributed by atoms with Crippen LogP contribution in [-0.2, 0) is 7.05 Å². The predicted octanol–water partition coefficient (Wildman–Crippen LogP) is 3.67. The van der Waals surface area contributed by atoms with Crippen LogP contribution in [0.15, 0.2) is 61.4 Å². The van der Waals surface area contributed by atoms with E-state index in [1.165, 1.54) is 39.8 Å². The fourth-order valence-corrected chi connectivity index (χ4v) is 4.40. The van der Waals surface area contributed by atoms with Crippen molar-refractivity contribution in [3.8, 4) is 28.5 Å². The highest BCUT2D eigenvalue weighted by atomic mass is 19.3. The first-order valence-corrected chi connectivity index (χ1v) is 12.0. The number of anilines is 1. The van der Waals surface area contributed by atoms with Crippen LogP contribution in [0.5, 0.6) is 17.2 Å². The SMILES string of the molecule is Cn1cc(NC(=O)c2cnn3cccnc23)c(-c2cc(Oc3cnn(C4CC(O)C4)c3)ccc2OC(F)F)n1. The molecule has 4 heterocycles. The van der Waals surface area contributed by atoms with Gasteiger partial charge >= 0.3 is 6.61 Å². The fraction of sp³-hybridized carbons (Fsp3) is 0.240. The molecule has 1 aliphatic rings. The Kier molecular flexibility index (Phi) is 6.15. The van der Waals surface area contributed by atoms with Crippen molar-refractivity contribution in [3.63, 3.8) is 0 Å². The summed E-state index contributed by atoms with van der Waals surface area (Å²) >= 11 is 0. The topological polar surface area (TPSA) is 134 Å². The Morgan fingerprint density at radius 2 is 2.03 bits per heavy atom. The number of carbonyl (C=O) groups is 1. The molecule has 12 nitrogen and oxygen atoms in total. The van der Waals surface area contributed by atoms with Gasteiger partial charge in [0.1, 0.15) is 22.8 Å². The molecule has 0 atom stereocenters. The third-order valence-corrected chi connectivity index (χ3v) is 6.30. The van der Waals surface area contributed by atoms with Gasteiger partial charge in [-0.05, 0) is 37.1 Å². The van der Waals surface area contributed by atoms with E-state index in [0.717, 1.165) is 0 Å². The number of aliphatic hydroxyl groups is 1. The van der Waals surface area contributed by atoms with E-state index >= 15 is 0 Å². The minimum absolute atomic E-state index is 0.0952. The van der Waals surface area contributed by atoms with Gasteiger partial charge in [-0.2, -0.15) is 24.1 Å². The Bertz CT molecular complexity index is 1660. The molecular weight excluding hydrogens is 514 g/mol. The fourth-order valence-electron chi connectivity index (χ4n) is 4.40. The van der Waals surface area contributed by atoms with Crippen molar-refractivity contribution in [2.75, 3.05) is 5.32 Å². The number of aryl methyl sites for hydroxylation is 1. The van der Waals surface area contributed by atoms with Crippen molar-refractivity contribution in [2.24, 2.45) is 7.05 Å². The molecule has 0 unspecified atom stereocenters. The quantitative estimate of drug-likeness (QED) is 0.307. The van der Waals surface area contributed by atoms with E-state index in [1.54, 1.807) is 42.6 Å². The molecule has 4 aromatic heterocycles. The van der Waals surface area contributed by atoms with Crippen molar-refractivity contribution >= 4 is 17.2 Å². The summed E-state index contributed by atoms with van der Waals surface area (Å²) in [5, 5.41) is 25.1. The van der Waals surface area contributed by atoms with Gasteiger partial charge in [0.2, 0.25) is 0 Å². The molecule has 0 bridgehead atoms. The zero-order valence-corrected chi connectivity index (χ0v) is 20.5. The van der Waals surface area contributed by atoms with Gasteiger partial charge in [-0.3, -0.25) is 14.2 Å². The van der Waals surface area contributed by atoms with E-state index in [0.29, 0.717) is 30.0 Å². The van der Waals surface area contributed by atoms with Crippen LogP contribution in [-0.4, -0.2) is 57.9 Å². The van der Waals surface area contributed by atoms with Crippen LogP contribution in [0.1, 0.15) is 29.2 Å². The third-order valence-electron chi connectivity index (χ3n) is 6.30. The second-order valence-corrected chi connectivity index (χ2v) is 9.04. The monoisotopic (exact) mass is 536 g/mol. The molecule has 200 valence electrons. The van der Waals surface area contributed by atoms with Gasteiger partial charge in [0.15, 0.2) is 11.4 Å². The third kappa shape index (κ3) is 4.88. The Balaban J connectivity index is 1.31. The number of fused-ring (bicyclic) bond motifs is 1.